The number of benzene rings is 2. The monoisotopic (exact) mass is 573 g/mol. The van der Waals surface area contributed by atoms with Gasteiger partial charge in [-0.3, -0.25) is 14.8 Å². The number of rotatable bonds is 10. The first-order chi connectivity index (χ1) is 19.5. The van der Waals surface area contributed by atoms with E-state index in [1.807, 2.05) is 42.5 Å². The van der Waals surface area contributed by atoms with Gasteiger partial charge in [0.1, 0.15) is 17.2 Å². The summed E-state index contributed by atoms with van der Waals surface area (Å²) in [4.78, 5) is 28.0. The lowest BCUT2D eigenvalue weighted by atomic mass is 10.1. The lowest BCUT2D eigenvalue weighted by Gasteiger charge is -2.37. The van der Waals surface area contributed by atoms with Crippen LogP contribution in [0.4, 0.5) is 11.4 Å². The van der Waals surface area contributed by atoms with Gasteiger partial charge in [-0.2, -0.15) is 0 Å². The van der Waals surface area contributed by atoms with Crippen LogP contribution in [0.15, 0.2) is 60.9 Å². The number of nitrogens with zero attached hydrogens (tertiary/aromatic N) is 4. The van der Waals surface area contributed by atoms with Crippen molar-refractivity contribution in [3.63, 3.8) is 0 Å². The van der Waals surface area contributed by atoms with Gasteiger partial charge in [0.25, 0.3) is 5.91 Å². The number of carbonyl (C=O) groups excluding carboxylic acids is 1. The average molecular weight is 574 g/mol. The van der Waals surface area contributed by atoms with Crippen molar-refractivity contribution in [3.05, 3.63) is 66.6 Å². The van der Waals surface area contributed by atoms with E-state index >= 15 is 0 Å². The van der Waals surface area contributed by atoms with Gasteiger partial charge < -0.3 is 24.1 Å². The number of anilines is 2. The minimum atomic E-state index is -1.95. The maximum Gasteiger partial charge on any atom is 0.269 e. The quantitative estimate of drug-likeness (QED) is 0.223. The average Bonchev–Trinajstić information content (AvgIpc) is 2.97. The number of fused-ring (bicyclic) bond motifs is 1. The Labute approximate surface area is 243 Å². The van der Waals surface area contributed by atoms with Crippen molar-refractivity contribution in [2.75, 3.05) is 39.3 Å². The molecule has 0 spiro atoms. The Balaban J connectivity index is 1.75. The molecular formula is C31H39N5O4Si. The van der Waals surface area contributed by atoms with Crippen LogP contribution in [0.2, 0.25) is 18.1 Å². The second-order valence-corrected chi connectivity index (χ2v) is 16.1. The highest BCUT2D eigenvalue weighted by molar-refractivity contribution is 6.74. The third-order valence-corrected chi connectivity index (χ3v) is 12.1. The molecule has 2 aromatic carbocycles. The second kappa shape index (κ2) is 12.2. The van der Waals surface area contributed by atoms with Crippen molar-refractivity contribution in [3.8, 4) is 22.8 Å². The molecule has 0 aliphatic heterocycles. The number of aromatic nitrogens is 3. The summed E-state index contributed by atoms with van der Waals surface area (Å²) in [5.41, 5.74) is 5.06. The summed E-state index contributed by atoms with van der Waals surface area (Å²) in [7, 11) is 2.92. The fourth-order valence-corrected chi connectivity index (χ4v) is 5.15. The third-order valence-electron chi connectivity index (χ3n) is 7.58. The number of hydrogen-bond donors (Lipinski definition) is 1. The minimum Gasteiger partial charge on any atom is -0.497 e. The van der Waals surface area contributed by atoms with E-state index in [4.69, 9.17) is 18.9 Å². The molecule has 1 amide bonds. The Morgan fingerprint density at radius 2 is 1.63 bits per heavy atom. The van der Waals surface area contributed by atoms with Crippen LogP contribution in [0.3, 0.4) is 0 Å². The Kier molecular flexibility index (Phi) is 8.94. The van der Waals surface area contributed by atoms with Gasteiger partial charge >= 0.3 is 0 Å². The van der Waals surface area contributed by atoms with Gasteiger partial charge in [-0.05, 0) is 48.5 Å². The molecule has 0 unspecified atom stereocenters. The standard InChI is InChI=1S/C31H39N5O4Si/c1-31(2,3)41(7,8)40-14-13-36(23-16-24(38-5)19-25(17-23)39-6)22-9-10-26-27(18-22)35-29(20-34-26)21-11-12-33-28(15-21)30(37)32-4/h9-12,15-20H,13-14H2,1-8H3,(H,32,37). The minimum absolute atomic E-state index is 0.108. The van der Waals surface area contributed by atoms with E-state index in [9.17, 15) is 4.79 Å². The van der Waals surface area contributed by atoms with E-state index in [2.05, 4.69) is 54.0 Å². The fourth-order valence-electron chi connectivity index (χ4n) is 4.11. The molecule has 0 radical (unpaired) electrons. The third kappa shape index (κ3) is 6.83. The lowest BCUT2D eigenvalue weighted by molar-refractivity contribution is 0.0958. The molecule has 0 aliphatic rings. The number of pyridine rings is 1. The molecule has 10 heteroatoms. The predicted octanol–water partition coefficient (Wildman–Crippen LogP) is 6.23. The van der Waals surface area contributed by atoms with Crippen molar-refractivity contribution in [2.24, 2.45) is 0 Å². The van der Waals surface area contributed by atoms with Gasteiger partial charge in [-0.15, -0.1) is 0 Å². The van der Waals surface area contributed by atoms with E-state index < -0.39 is 8.32 Å². The van der Waals surface area contributed by atoms with Crippen LogP contribution >= 0.6 is 0 Å². The Morgan fingerprint density at radius 3 is 2.27 bits per heavy atom. The van der Waals surface area contributed by atoms with Crippen LogP contribution in [-0.2, 0) is 4.43 Å². The first kappa shape index (κ1) is 29.9. The summed E-state index contributed by atoms with van der Waals surface area (Å²) in [6.07, 6.45) is 3.31. The molecule has 4 aromatic rings. The Hall–Kier alpha value is -4.02. The number of amides is 1. The Bertz CT molecular complexity index is 1510. The largest absolute Gasteiger partial charge is 0.497 e. The fraction of sp³-hybridized carbons (Fsp3) is 0.355. The molecule has 0 atom stereocenters. The van der Waals surface area contributed by atoms with E-state index in [0.717, 1.165) is 28.0 Å². The van der Waals surface area contributed by atoms with Crippen LogP contribution in [-0.4, -0.2) is 63.6 Å². The number of nitrogens with one attached hydrogen (secondary N) is 1. The van der Waals surface area contributed by atoms with Gasteiger partial charge in [-0.25, -0.2) is 4.98 Å². The zero-order valence-corrected chi connectivity index (χ0v) is 26.1. The number of carbonyl (C=O) groups is 1. The van der Waals surface area contributed by atoms with Crippen molar-refractivity contribution in [1.82, 2.24) is 20.3 Å². The first-order valence-electron chi connectivity index (χ1n) is 13.6. The Morgan fingerprint density at radius 1 is 0.927 bits per heavy atom. The van der Waals surface area contributed by atoms with Crippen LogP contribution in [0.5, 0.6) is 11.5 Å². The van der Waals surface area contributed by atoms with Crippen LogP contribution < -0.4 is 19.7 Å². The molecule has 9 nitrogen and oxygen atoms in total. The normalized spacial score (nSPS) is 11.8. The summed E-state index contributed by atoms with van der Waals surface area (Å²) in [5.74, 6) is 1.14. The predicted molar refractivity (Wildman–Crippen MR) is 166 cm³/mol. The topological polar surface area (TPSA) is 98.7 Å². The molecule has 0 fully saturated rings. The van der Waals surface area contributed by atoms with Gasteiger partial charge in [-0.1, -0.05) is 20.8 Å². The van der Waals surface area contributed by atoms with Crippen molar-refractivity contribution in [1.29, 1.82) is 0 Å². The molecule has 0 saturated carbocycles. The summed E-state index contributed by atoms with van der Waals surface area (Å²) >= 11 is 0. The molecule has 216 valence electrons. The maximum absolute atomic E-state index is 12.1. The first-order valence-corrected chi connectivity index (χ1v) is 16.5. The molecule has 2 heterocycles. The van der Waals surface area contributed by atoms with E-state index in [-0.39, 0.29) is 10.9 Å². The molecule has 0 bridgehead atoms. The maximum atomic E-state index is 12.1. The number of ether oxygens (including phenoxy) is 2. The highest BCUT2D eigenvalue weighted by Crippen LogP contribution is 2.37. The highest BCUT2D eigenvalue weighted by atomic mass is 28.4. The summed E-state index contributed by atoms with van der Waals surface area (Å²) in [6.45, 7) is 12.4. The van der Waals surface area contributed by atoms with Gasteiger partial charge in [0.05, 0.1) is 43.8 Å². The molecule has 4 rings (SSSR count). The van der Waals surface area contributed by atoms with E-state index in [1.54, 1.807) is 39.7 Å². The molecule has 41 heavy (non-hydrogen) atoms. The van der Waals surface area contributed by atoms with E-state index in [0.29, 0.717) is 36.0 Å². The summed E-state index contributed by atoms with van der Waals surface area (Å²) in [5, 5.41) is 2.71. The lowest BCUT2D eigenvalue weighted by Crippen LogP contribution is -2.42. The van der Waals surface area contributed by atoms with Crippen LogP contribution in [0.25, 0.3) is 22.3 Å². The SMILES string of the molecule is CNC(=O)c1cc(-c2cnc3ccc(N(CCO[Si](C)(C)C(C)(C)C)c4cc(OC)cc(OC)c4)cc3n2)ccn1. The van der Waals surface area contributed by atoms with Crippen molar-refractivity contribution >= 4 is 36.6 Å². The van der Waals surface area contributed by atoms with Crippen LogP contribution in [0, 0.1) is 0 Å². The van der Waals surface area contributed by atoms with Gasteiger partial charge in [0.2, 0.25) is 0 Å². The van der Waals surface area contributed by atoms with Crippen LogP contribution in [0.1, 0.15) is 31.3 Å². The zero-order valence-electron chi connectivity index (χ0n) is 25.1. The van der Waals surface area contributed by atoms with Crippen molar-refractivity contribution in [2.45, 2.75) is 38.9 Å². The molecular weight excluding hydrogens is 534 g/mol. The summed E-state index contributed by atoms with van der Waals surface area (Å²) < 4.78 is 17.7. The molecule has 2 aromatic heterocycles. The zero-order chi connectivity index (χ0) is 29.8. The molecule has 0 saturated heterocycles. The smallest absolute Gasteiger partial charge is 0.269 e. The van der Waals surface area contributed by atoms with E-state index in [1.165, 1.54) is 0 Å². The molecule has 0 aliphatic carbocycles. The molecule has 1 N–H and O–H groups in total. The highest BCUT2D eigenvalue weighted by Gasteiger charge is 2.37. The van der Waals surface area contributed by atoms with Gasteiger partial charge in [0.15, 0.2) is 8.32 Å². The summed E-state index contributed by atoms with van der Waals surface area (Å²) in [6, 6.07) is 15.4. The van der Waals surface area contributed by atoms with Gasteiger partial charge in [0, 0.05) is 54.9 Å². The second-order valence-electron chi connectivity index (χ2n) is 11.3. The van der Waals surface area contributed by atoms with Crippen molar-refractivity contribution < 1.29 is 18.7 Å². The number of methoxy groups -OCH3 is 2. The number of hydrogen-bond acceptors (Lipinski definition) is 8.